The number of rotatable bonds is 2. The molecule has 0 aliphatic heterocycles. The molecule has 210 valence electrons. The van der Waals surface area contributed by atoms with Crippen LogP contribution in [0.25, 0.3) is 22.1 Å². The molecule has 0 spiro atoms. The molecule has 0 aliphatic carbocycles. The lowest BCUT2D eigenvalue weighted by Crippen LogP contribution is -2.15. The molecule has 0 saturated carbocycles. The fourth-order valence-electron chi connectivity index (χ4n) is 4.31. The van der Waals surface area contributed by atoms with Gasteiger partial charge in [0.05, 0.1) is 11.4 Å². The van der Waals surface area contributed by atoms with Gasteiger partial charge in [0.25, 0.3) is 11.1 Å². The first-order chi connectivity index (χ1) is 19.6. The topological polar surface area (TPSA) is 95.8 Å². The van der Waals surface area contributed by atoms with Crippen molar-refractivity contribution < 1.29 is 5.11 Å². The first-order valence-corrected chi connectivity index (χ1v) is 13.4. The molecule has 41 heavy (non-hydrogen) atoms. The van der Waals surface area contributed by atoms with Gasteiger partial charge in [-0.2, -0.15) is 0 Å². The SMILES string of the molecule is Cc1[nH]n(-c2ccccc2)c(=O)c1C.Cc1c(O)ccc2ccccc12.Cc1ccc(-n2[nH]c(C)c(C)c2=O)cc1. The van der Waals surface area contributed by atoms with E-state index in [1.807, 2.05) is 126 Å². The maximum absolute atomic E-state index is 11.8. The van der Waals surface area contributed by atoms with Gasteiger partial charge in [-0.1, -0.05) is 66.2 Å². The van der Waals surface area contributed by atoms with Crippen molar-refractivity contribution in [3.05, 3.63) is 145 Å². The number of para-hydroxylation sites is 1. The predicted molar refractivity (Wildman–Crippen MR) is 167 cm³/mol. The van der Waals surface area contributed by atoms with E-state index in [1.54, 1.807) is 15.4 Å². The largest absolute Gasteiger partial charge is 0.508 e. The van der Waals surface area contributed by atoms with Crippen LogP contribution in [0.3, 0.4) is 0 Å². The normalized spacial score (nSPS) is 10.5. The zero-order valence-corrected chi connectivity index (χ0v) is 24.3. The van der Waals surface area contributed by atoms with Crippen molar-refractivity contribution in [3.63, 3.8) is 0 Å². The number of aryl methyl sites for hydroxylation is 4. The third kappa shape index (κ3) is 6.41. The van der Waals surface area contributed by atoms with E-state index >= 15 is 0 Å². The van der Waals surface area contributed by atoms with Gasteiger partial charge in [-0.15, -0.1) is 0 Å². The van der Waals surface area contributed by atoms with Crippen LogP contribution >= 0.6 is 0 Å². The summed E-state index contributed by atoms with van der Waals surface area (Å²) >= 11 is 0. The fourth-order valence-corrected chi connectivity index (χ4v) is 4.31. The Hall–Kier alpha value is -5.04. The maximum Gasteiger partial charge on any atom is 0.274 e. The van der Waals surface area contributed by atoms with Crippen LogP contribution < -0.4 is 11.1 Å². The van der Waals surface area contributed by atoms with Gasteiger partial charge in [-0.25, -0.2) is 9.36 Å². The second-order valence-corrected chi connectivity index (χ2v) is 10.1. The summed E-state index contributed by atoms with van der Waals surface area (Å²) in [5, 5.41) is 17.8. The van der Waals surface area contributed by atoms with Gasteiger partial charge in [-0.3, -0.25) is 19.8 Å². The number of hydrogen-bond donors (Lipinski definition) is 3. The number of hydrogen-bond acceptors (Lipinski definition) is 3. The summed E-state index contributed by atoms with van der Waals surface area (Å²) < 4.78 is 3.13. The van der Waals surface area contributed by atoms with E-state index in [0.29, 0.717) is 5.75 Å². The number of aromatic nitrogens is 4. The minimum absolute atomic E-state index is 0.0219. The number of nitrogens with zero attached hydrogens (tertiary/aromatic N) is 2. The van der Waals surface area contributed by atoms with Crippen LogP contribution in [-0.2, 0) is 0 Å². The van der Waals surface area contributed by atoms with Crippen LogP contribution in [-0.4, -0.2) is 24.7 Å². The van der Waals surface area contributed by atoms with Gasteiger partial charge in [-0.05, 0) is 88.2 Å². The Morgan fingerprint density at radius 3 is 1.54 bits per heavy atom. The van der Waals surface area contributed by atoms with Gasteiger partial charge in [0.1, 0.15) is 5.75 Å². The summed E-state index contributed by atoms with van der Waals surface area (Å²) in [5.74, 6) is 0.369. The molecule has 0 bridgehead atoms. The van der Waals surface area contributed by atoms with Crippen molar-refractivity contribution in [2.24, 2.45) is 0 Å². The van der Waals surface area contributed by atoms with Gasteiger partial charge >= 0.3 is 0 Å². The summed E-state index contributed by atoms with van der Waals surface area (Å²) in [6, 6.07) is 29.1. The van der Waals surface area contributed by atoms with E-state index in [9.17, 15) is 14.7 Å². The first-order valence-electron chi connectivity index (χ1n) is 13.4. The van der Waals surface area contributed by atoms with Crippen molar-refractivity contribution in [1.82, 2.24) is 19.6 Å². The number of phenolic OH excluding ortho intramolecular Hbond substituents is 1. The number of nitrogens with one attached hydrogen (secondary N) is 2. The van der Waals surface area contributed by atoms with Crippen molar-refractivity contribution >= 4 is 10.8 Å². The van der Waals surface area contributed by atoms with Crippen LogP contribution in [0.4, 0.5) is 0 Å². The van der Waals surface area contributed by atoms with Gasteiger partial charge in [0, 0.05) is 22.5 Å². The highest BCUT2D eigenvalue weighted by atomic mass is 16.3. The molecule has 7 heteroatoms. The molecule has 0 aliphatic rings. The third-order valence-corrected chi connectivity index (χ3v) is 7.21. The highest BCUT2D eigenvalue weighted by molar-refractivity contribution is 5.87. The molecule has 3 N–H and O–H groups in total. The van der Waals surface area contributed by atoms with Crippen molar-refractivity contribution in [3.8, 4) is 17.1 Å². The van der Waals surface area contributed by atoms with Crippen molar-refractivity contribution in [1.29, 1.82) is 0 Å². The molecule has 0 amide bonds. The lowest BCUT2D eigenvalue weighted by atomic mass is 10.1. The molecule has 2 heterocycles. The number of H-pyrrole nitrogens is 2. The monoisotopic (exact) mass is 548 g/mol. The van der Waals surface area contributed by atoms with Crippen LogP contribution in [0.1, 0.15) is 33.6 Å². The standard InChI is InChI=1S/C12H14N2O.C11H12N2O.C11H10O/c1-8-4-6-11(7-5-8)14-12(15)9(2)10(3)13-14;1-8-9(2)12-13(11(8)14)10-6-4-3-5-7-10;1-8-10-5-3-2-4-9(10)6-7-11(8)12/h4-7,13H,1-3H3;3-7,12H,1-2H3;2-7,12H,1H3. The predicted octanol–water partition coefficient (Wildman–Crippen LogP) is 6.73. The molecule has 0 saturated heterocycles. The lowest BCUT2D eigenvalue weighted by Gasteiger charge is -2.02. The molecule has 0 radical (unpaired) electrons. The Balaban J connectivity index is 0.000000142. The third-order valence-electron chi connectivity index (χ3n) is 7.21. The number of phenols is 1. The zero-order chi connectivity index (χ0) is 29.7. The second-order valence-electron chi connectivity index (χ2n) is 10.1. The summed E-state index contributed by atoms with van der Waals surface area (Å²) in [7, 11) is 0. The minimum Gasteiger partial charge on any atom is -0.508 e. The summed E-state index contributed by atoms with van der Waals surface area (Å²) in [5.41, 5.74) is 7.31. The zero-order valence-electron chi connectivity index (χ0n) is 24.3. The van der Waals surface area contributed by atoms with Crippen LogP contribution in [0.5, 0.6) is 5.75 Å². The quantitative estimate of drug-likeness (QED) is 0.224. The number of aromatic hydroxyl groups is 1. The molecule has 6 rings (SSSR count). The molecular weight excluding hydrogens is 512 g/mol. The fraction of sp³-hybridized carbons (Fsp3) is 0.176. The van der Waals surface area contributed by atoms with E-state index in [4.69, 9.17) is 0 Å². The van der Waals surface area contributed by atoms with Crippen LogP contribution in [0.15, 0.2) is 101 Å². The highest BCUT2D eigenvalue weighted by Gasteiger charge is 2.08. The first kappa shape index (κ1) is 29.0. The Labute approximate surface area is 239 Å². The van der Waals surface area contributed by atoms with E-state index in [0.717, 1.165) is 44.8 Å². The molecule has 0 fully saturated rings. The summed E-state index contributed by atoms with van der Waals surface area (Å²) in [6.07, 6.45) is 0. The second kappa shape index (κ2) is 12.4. The highest BCUT2D eigenvalue weighted by Crippen LogP contribution is 2.25. The molecular formula is C34H36N4O3. The Morgan fingerprint density at radius 1 is 0.537 bits per heavy atom. The molecule has 4 aromatic carbocycles. The summed E-state index contributed by atoms with van der Waals surface area (Å²) in [4.78, 5) is 23.5. The van der Waals surface area contributed by atoms with Gasteiger partial charge in [0.15, 0.2) is 0 Å². The number of benzene rings is 4. The smallest absolute Gasteiger partial charge is 0.274 e. The van der Waals surface area contributed by atoms with E-state index in [1.165, 1.54) is 10.9 Å². The lowest BCUT2D eigenvalue weighted by molar-refractivity contribution is 0.472. The average Bonchev–Trinajstić information content (AvgIpc) is 3.40. The average molecular weight is 549 g/mol. The van der Waals surface area contributed by atoms with Crippen LogP contribution in [0.2, 0.25) is 0 Å². The van der Waals surface area contributed by atoms with Gasteiger partial charge < -0.3 is 5.11 Å². The Kier molecular flexibility index (Phi) is 8.78. The molecule has 7 nitrogen and oxygen atoms in total. The molecule has 0 unspecified atom stereocenters. The minimum atomic E-state index is 0.0219. The van der Waals surface area contributed by atoms with Crippen molar-refractivity contribution in [2.45, 2.75) is 41.5 Å². The molecule has 2 aromatic heterocycles. The Morgan fingerprint density at radius 2 is 1.02 bits per heavy atom. The van der Waals surface area contributed by atoms with E-state index in [2.05, 4.69) is 10.2 Å². The van der Waals surface area contributed by atoms with Crippen molar-refractivity contribution in [2.75, 3.05) is 0 Å². The van der Waals surface area contributed by atoms with Crippen LogP contribution in [0, 0.1) is 41.5 Å². The number of aromatic amines is 2. The molecule has 0 atom stereocenters. The van der Waals surface area contributed by atoms with E-state index in [-0.39, 0.29) is 11.1 Å². The number of fused-ring (bicyclic) bond motifs is 1. The Bertz CT molecular complexity index is 1890. The molecule has 6 aromatic rings. The van der Waals surface area contributed by atoms with Gasteiger partial charge in [0.2, 0.25) is 0 Å². The van der Waals surface area contributed by atoms with E-state index < -0.39 is 0 Å². The maximum atomic E-state index is 11.8. The summed E-state index contributed by atoms with van der Waals surface area (Å²) in [6.45, 7) is 11.4.